The van der Waals surface area contributed by atoms with Crippen molar-refractivity contribution in [1.29, 1.82) is 5.26 Å². The molecule has 0 saturated heterocycles. The molecule has 2 heterocycles. The third kappa shape index (κ3) is 4.10. The summed E-state index contributed by atoms with van der Waals surface area (Å²) in [4.78, 5) is 40.5. The summed E-state index contributed by atoms with van der Waals surface area (Å²) in [5.74, 6) is 1.93. The van der Waals surface area contributed by atoms with Gasteiger partial charge in [-0.1, -0.05) is 0 Å². The maximum atomic E-state index is 13.5. The van der Waals surface area contributed by atoms with E-state index in [1.807, 2.05) is 6.92 Å². The van der Waals surface area contributed by atoms with Crippen molar-refractivity contribution < 1.29 is 19.1 Å². The monoisotopic (exact) mass is 516 g/mol. The summed E-state index contributed by atoms with van der Waals surface area (Å²) in [6.45, 7) is 2.58. The van der Waals surface area contributed by atoms with Gasteiger partial charge in [0.1, 0.15) is 5.69 Å². The molecule has 7 rings (SSSR count). The first kappa shape index (κ1) is 24.5. The highest BCUT2D eigenvalue weighted by Gasteiger charge is 2.54. The molecule has 4 saturated carbocycles. The Hall–Kier alpha value is -3.87. The standard InChI is InChI=1S/C28H32N6O4/c1-16-14-33(15-30-26(36)28-10-18-5-19(11-28)7-20(6-18)12-28)25(35)24-9-23(32-34(16)24)21-4-3-17(13-29)8-22(21)31-27(37)38-2/h3-4,8-9,16,18-20H,5-7,10-12,14-15H2,1-2H3,(H,30,36)(H,31,37)/t16-,18?,19?,20?,28?/m0/s1. The number of nitrogens with zero attached hydrogens (tertiary/aromatic N) is 4. The molecule has 1 aromatic heterocycles. The van der Waals surface area contributed by atoms with E-state index in [0.29, 0.717) is 52.5 Å². The number of anilines is 1. The van der Waals surface area contributed by atoms with E-state index >= 15 is 0 Å². The zero-order chi connectivity index (χ0) is 26.6. The van der Waals surface area contributed by atoms with Gasteiger partial charge < -0.3 is 15.0 Å². The molecule has 1 atom stereocenters. The highest BCUT2D eigenvalue weighted by molar-refractivity contribution is 5.96. The van der Waals surface area contributed by atoms with Crippen LogP contribution in [0.1, 0.15) is 67.5 Å². The fourth-order valence-electron chi connectivity index (χ4n) is 7.64. The number of carbonyl (C=O) groups is 3. The Balaban J connectivity index is 1.20. The summed E-state index contributed by atoms with van der Waals surface area (Å²) in [6, 6.07) is 8.51. The number of nitriles is 1. The SMILES string of the molecule is COC(=O)Nc1cc(C#N)ccc1-c1cc2n(n1)[C@@H](C)CN(CNC(=O)C13CC4CC(CC(C4)C1)C3)C2=O. The van der Waals surface area contributed by atoms with Gasteiger partial charge in [0.2, 0.25) is 5.91 Å². The van der Waals surface area contributed by atoms with Crippen molar-refractivity contribution in [2.45, 2.75) is 51.5 Å². The molecular weight excluding hydrogens is 484 g/mol. The Morgan fingerprint density at radius 3 is 2.47 bits per heavy atom. The second-order valence-corrected chi connectivity index (χ2v) is 11.6. The first-order chi connectivity index (χ1) is 18.3. The van der Waals surface area contributed by atoms with E-state index in [1.165, 1.54) is 26.4 Å². The molecule has 0 radical (unpaired) electrons. The van der Waals surface area contributed by atoms with Crippen LogP contribution in [-0.4, -0.2) is 52.9 Å². The Morgan fingerprint density at radius 1 is 1.16 bits per heavy atom. The number of hydrogen-bond donors (Lipinski definition) is 2. The van der Waals surface area contributed by atoms with Crippen LogP contribution in [0.2, 0.25) is 0 Å². The van der Waals surface area contributed by atoms with Gasteiger partial charge in [0.05, 0.1) is 48.2 Å². The van der Waals surface area contributed by atoms with Gasteiger partial charge in [0, 0.05) is 12.1 Å². The van der Waals surface area contributed by atoms with Crippen LogP contribution in [0.15, 0.2) is 24.3 Å². The first-order valence-corrected chi connectivity index (χ1v) is 13.3. The van der Waals surface area contributed by atoms with Crippen molar-refractivity contribution in [3.05, 3.63) is 35.5 Å². The molecule has 4 bridgehead atoms. The molecule has 4 fully saturated rings. The molecule has 1 aliphatic heterocycles. The number of carbonyl (C=O) groups excluding carboxylic acids is 3. The Morgan fingerprint density at radius 2 is 1.84 bits per heavy atom. The summed E-state index contributed by atoms with van der Waals surface area (Å²) in [5, 5.41) is 19.7. The van der Waals surface area contributed by atoms with Gasteiger partial charge in [-0.15, -0.1) is 0 Å². The molecule has 2 N–H and O–H groups in total. The third-order valence-corrected chi connectivity index (χ3v) is 8.94. The molecule has 5 aliphatic rings. The van der Waals surface area contributed by atoms with Crippen LogP contribution in [0.5, 0.6) is 0 Å². The number of ether oxygens (including phenoxy) is 1. The summed E-state index contributed by atoms with van der Waals surface area (Å²) < 4.78 is 6.41. The van der Waals surface area contributed by atoms with Crippen molar-refractivity contribution in [2.24, 2.45) is 23.2 Å². The lowest BCUT2D eigenvalue weighted by atomic mass is 9.49. The average Bonchev–Trinajstić information content (AvgIpc) is 3.35. The molecule has 1 aromatic carbocycles. The molecule has 2 aromatic rings. The van der Waals surface area contributed by atoms with E-state index in [1.54, 1.807) is 33.8 Å². The number of rotatable bonds is 5. The Kier molecular flexibility index (Phi) is 5.89. The molecule has 0 unspecified atom stereocenters. The van der Waals surface area contributed by atoms with Gasteiger partial charge in [-0.05, 0) is 87.5 Å². The number of aromatic nitrogens is 2. The number of methoxy groups -OCH3 is 1. The van der Waals surface area contributed by atoms with Crippen LogP contribution in [0.25, 0.3) is 11.3 Å². The van der Waals surface area contributed by atoms with Crippen LogP contribution >= 0.6 is 0 Å². The van der Waals surface area contributed by atoms with E-state index in [-0.39, 0.29) is 29.9 Å². The highest BCUT2D eigenvalue weighted by atomic mass is 16.5. The van der Waals surface area contributed by atoms with Crippen molar-refractivity contribution in [2.75, 3.05) is 25.6 Å². The highest BCUT2D eigenvalue weighted by Crippen LogP contribution is 2.60. The summed E-state index contributed by atoms with van der Waals surface area (Å²) in [6.07, 6.45) is 6.11. The predicted octanol–water partition coefficient (Wildman–Crippen LogP) is 3.91. The van der Waals surface area contributed by atoms with Crippen molar-refractivity contribution in [3.8, 4) is 17.3 Å². The quantitative estimate of drug-likeness (QED) is 0.620. The molecular formula is C28H32N6O4. The number of fused-ring (bicyclic) bond motifs is 1. The van der Waals surface area contributed by atoms with E-state index in [0.717, 1.165) is 19.3 Å². The maximum absolute atomic E-state index is 13.5. The second-order valence-electron chi connectivity index (χ2n) is 11.6. The van der Waals surface area contributed by atoms with Crippen LogP contribution < -0.4 is 10.6 Å². The topological polar surface area (TPSA) is 129 Å². The molecule has 3 amide bonds. The summed E-state index contributed by atoms with van der Waals surface area (Å²) in [5.41, 5.74) is 1.96. The number of benzene rings is 1. The molecule has 0 spiro atoms. The first-order valence-electron chi connectivity index (χ1n) is 13.3. The third-order valence-electron chi connectivity index (χ3n) is 8.94. The van der Waals surface area contributed by atoms with Gasteiger partial charge in [0.25, 0.3) is 5.91 Å². The Labute approximate surface area is 221 Å². The van der Waals surface area contributed by atoms with Crippen LogP contribution in [-0.2, 0) is 9.53 Å². The van der Waals surface area contributed by atoms with E-state index in [2.05, 4.69) is 21.8 Å². The van der Waals surface area contributed by atoms with Crippen molar-refractivity contribution in [3.63, 3.8) is 0 Å². The molecule has 198 valence electrons. The smallest absolute Gasteiger partial charge is 0.411 e. The molecule has 4 aliphatic carbocycles. The molecule has 38 heavy (non-hydrogen) atoms. The van der Waals surface area contributed by atoms with Gasteiger partial charge in [0.15, 0.2) is 0 Å². The lowest BCUT2D eigenvalue weighted by molar-refractivity contribution is -0.146. The fraction of sp³-hybridized carbons (Fsp3) is 0.536. The second kappa shape index (κ2) is 9.15. The van der Waals surface area contributed by atoms with Crippen LogP contribution in [0.3, 0.4) is 0 Å². The van der Waals surface area contributed by atoms with Gasteiger partial charge >= 0.3 is 6.09 Å². The van der Waals surface area contributed by atoms with E-state index in [4.69, 9.17) is 4.74 Å². The van der Waals surface area contributed by atoms with Crippen molar-refractivity contribution in [1.82, 2.24) is 20.0 Å². The normalized spacial score (nSPS) is 29.0. The predicted molar refractivity (Wildman–Crippen MR) is 138 cm³/mol. The van der Waals surface area contributed by atoms with Gasteiger partial charge in [-0.2, -0.15) is 10.4 Å². The largest absolute Gasteiger partial charge is 0.453 e. The molecule has 10 nitrogen and oxygen atoms in total. The fourth-order valence-corrected chi connectivity index (χ4v) is 7.64. The average molecular weight is 517 g/mol. The minimum Gasteiger partial charge on any atom is -0.453 e. The number of nitrogens with one attached hydrogen (secondary N) is 2. The van der Waals surface area contributed by atoms with Crippen molar-refractivity contribution >= 4 is 23.6 Å². The minimum absolute atomic E-state index is 0.105. The Bertz CT molecular complexity index is 1320. The zero-order valence-corrected chi connectivity index (χ0v) is 21.7. The zero-order valence-electron chi connectivity index (χ0n) is 21.7. The maximum Gasteiger partial charge on any atom is 0.411 e. The lowest BCUT2D eigenvalue weighted by Gasteiger charge is -2.55. The summed E-state index contributed by atoms with van der Waals surface area (Å²) >= 11 is 0. The summed E-state index contributed by atoms with van der Waals surface area (Å²) in [7, 11) is 1.26. The van der Waals surface area contributed by atoms with Gasteiger partial charge in [-0.3, -0.25) is 19.6 Å². The minimum atomic E-state index is -0.671. The lowest BCUT2D eigenvalue weighted by Crippen LogP contribution is -2.56. The van der Waals surface area contributed by atoms with E-state index in [9.17, 15) is 19.6 Å². The number of hydrogen-bond acceptors (Lipinski definition) is 6. The van der Waals surface area contributed by atoms with Gasteiger partial charge in [-0.25, -0.2) is 4.79 Å². The number of amides is 3. The van der Waals surface area contributed by atoms with Crippen LogP contribution in [0, 0.1) is 34.5 Å². The van der Waals surface area contributed by atoms with E-state index < -0.39 is 6.09 Å². The van der Waals surface area contributed by atoms with Crippen LogP contribution in [0.4, 0.5) is 10.5 Å². The molecule has 10 heteroatoms.